The van der Waals surface area contributed by atoms with Gasteiger partial charge in [0.1, 0.15) is 5.69 Å². The molecule has 0 aliphatic carbocycles. The summed E-state index contributed by atoms with van der Waals surface area (Å²) >= 11 is 6.09. The van der Waals surface area contributed by atoms with Crippen LogP contribution in [0.15, 0.2) is 48.8 Å². The van der Waals surface area contributed by atoms with E-state index < -0.39 is 0 Å². The number of amides is 1. The monoisotopic (exact) mass is 285 g/mol. The van der Waals surface area contributed by atoms with Gasteiger partial charge in [-0.05, 0) is 35.9 Å². The van der Waals surface area contributed by atoms with E-state index in [4.69, 9.17) is 11.6 Å². The molecule has 1 amide bonds. The van der Waals surface area contributed by atoms with Crippen molar-refractivity contribution in [3.63, 3.8) is 0 Å². The Bertz CT molecular complexity index is 752. The lowest BCUT2D eigenvalue weighted by atomic mass is 10.2. The van der Waals surface area contributed by atoms with Gasteiger partial charge >= 0.3 is 0 Å². The van der Waals surface area contributed by atoms with Gasteiger partial charge in [0.15, 0.2) is 0 Å². The maximum atomic E-state index is 12.1. The van der Waals surface area contributed by atoms with Crippen LogP contribution in [-0.2, 0) is 6.54 Å². The number of carbonyl (C=O) groups is 1. The highest BCUT2D eigenvalue weighted by atomic mass is 35.5. The molecule has 4 nitrogen and oxygen atoms in total. The van der Waals surface area contributed by atoms with Gasteiger partial charge in [-0.15, -0.1) is 0 Å². The third-order valence-electron chi connectivity index (χ3n) is 3.06. The number of halogens is 1. The standard InChI is InChI=1S/C15H12ClN3O/c16-12-2-1-3-13-11(12)8-14(19-13)15(20)18-9-10-4-6-17-7-5-10/h1-8,19H,9H2,(H,18,20). The Morgan fingerprint density at radius 3 is 2.80 bits per heavy atom. The van der Waals surface area contributed by atoms with Crippen LogP contribution in [0.3, 0.4) is 0 Å². The van der Waals surface area contributed by atoms with E-state index >= 15 is 0 Å². The van der Waals surface area contributed by atoms with Gasteiger partial charge < -0.3 is 10.3 Å². The number of pyridine rings is 1. The van der Waals surface area contributed by atoms with Gasteiger partial charge in [0.05, 0.1) is 0 Å². The summed E-state index contributed by atoms with van der Waals surface area (Å²) in [7, 11) is 0. The largest absolute Gasteiger partial charge is 0.350 e. The molecule has 3 aromatic rings. The summed E-state index contributed by atoms with van der Waals surface area (Å²) in [4.78, 5) is 19.1. The van der Waals surface area contributed by atoms with Crippen LogP contribution in [0.4, 0.5) is 0 Å². The highest BCUT2D eigenvalue weighted by molar-refractivity contribution is 6.35. The molecule has 0 atom stereocenters. The zero-order valence-electron chi connectivity index (χ0n) is 10.6. The van der Waals surface area contributed by atoms with Crippen LogP contribution in [0.1, 0.15) is 16.1 Å². The van der Waals surface area contributed by atoms with Crippen molar-refractivity contribution >= 4 is 28.4 Å². The van der Waals surface area contributed by atoms with Gasteiger partial charge in [-0.1, -0.05) is 17.7 Å². The van der Waals surface area contributed by atoms with Gasteiger partial charge in [-0.25, -0.2) is 0 Å². The third kappa shape index (κ3) is 2.51. The van der Waals surface area contributed by atoms with E-state index in [1.54, 1.807) is 24.5 Å². The summed E-state index contributed by atoms with van der Waals surface area (Å²) in [6.45, 7) is 0.463. The van der Waals surface area contributed by atoms with E-state index in [-0.39, 0.29) is 5.91 Å². The van der Waals surface area contributed by atoms with Crippen LogP contribution in [0, 0.1) is 0 Å². The lowest BCUT2D eigenvalue weighted by molar-refractivity contribution is 0.0947. The molecule has 0 unspecified atom stereocenters. The Hall–Kier alpha value is -2.33. The highest BCUT2D eigenvalue weighted by Gasteiger charge is 2.10. The molecule has 0 aliphatic rings. The average molecular weight is 286 g/mol. The number of fused-ring (bicyclic) bond motifs is 1. The molecule has 0 spiro atoms. The number of nitrogens with zero attached hydrogens (tertiary/aromatic N) is 1. The second kappa shape index (κ2) is 5.35. The fraction of sp³-hybridized carbons (Fsp3) is 0.0667. The Labute approximate surface area is 120 Å². The minimum absolute atomic E-state index is 0.158. The van der Waals surface area contributed by atoms with E-state index in [0.29, 0.717) is 17.3 Å². The molecule has 100 valence electrons. The molecule has 2 N–H and O–H groups in total. The predicted octanol–water partition coefficient (Wildman–Crippen LogP) is 3.15. The average Bonchev–Trinajstić information content (AvgIpc) is 2.91. The lowest BCUT2D eigenvalue weighted by Gasteiger charge is -2.03. The molecule has 1 aromatic carbocycles. The molecular formula is C15H12ClN3O. The van der Waals surface area contributed by atoms with E-state index in [9.17, 15) is 4.79 Å². The molecule has 0 radical (unpaired) electrons. The summed E-state index contributed by atoms with van der Waals surface area (Å²) in [6, 6.07) is 11.0. The molecule has 0 saturated carbocycles. The molecule has 2 aromatic heterocycles. The van der Waals surface area contributed by atoms with Gasteiger partial charge in [-0.3, -0.25) is 9.78 Å². The Kier molecular flexibility index (Phi) is 3.39. The number of carbonyl (C=O) groups excluding carboxylic acids is 1. The molecule has 0 saturated heterocycles. The minimum Gasteiger partial charge on any atom is -0.350 e. The summed E-state index contributed by atoms with van der Waals surface area (Å²) in [6.07, 6.45) is 3.40. The van der Waals surface area contributed by atoms with Crippen molar-refractivity contribution in [2.75, 3.05) is 0 Å². The smallest absolute Gasteiger partial charge is 0.267 e. The van der Waals surface area contributed by atoms with Crippen molar-refractivity contribution in [3.8, 4) is 0 Å². The van der Waals surface area contributed by atoms with Crippen LogP contribution in [-0.4, -0.2) is 15.9 Å². The molecule has 20 heavy (non-hydrogen) atoms. The van der Waals surface area contributed by atoms with Crippen molar-refractivity contribution in [2.45, 2.75) is 6.54 Å². The normalized spacial score (nSPS) is 10.7. The number of rotatable bonds is 3. The zero-order valence-corrected chi connectivity index (χ0v) is 11.3. The van der Waals surface area contributed by atoms with Crippen molar-refractivity contribution in [2.24, 2.45) is 0 Å². The lowest BCUT2D eigenvalue weighted by Crippen LogP contribution is -2.23. The topological polar surface area (TPSA) is 57.8 Å². The Balaban J connectivity index is 1.77. The van der Waals surface area contributed by atoms with Crippen molar-refractivity contribution in [1.82, 2.24) is 15.3 Å². The van der Waals surface area contributed by atoms with Gasteiger partial charge in [0.25, 0.3) is 5.91 Å². The second-order valence-electron chi connectivity index (χ2n) is 4.42. The van der Waals surface area contributed by atoms with Crippen molar-refractivity contribution in [1.29, 1.82) is 0 Å². The fourth-order valence-corrected chi connectivity index (χ4v) is 2.25. The number of aromatic amines is 1. The fourth-order valence-electron chi connectivity index (χ4n) is 2.02. The predicted molar refractivity (Wildman–Crippen MR) is 78.7 cm³/mol. The number of benzene rings is 1. The maximum absolute atomic E-state index is 12.1. The van der Waals surface area contributed by atoms with Crippen LogP contribution >= 0.6 is 11.6 Å². The van der Waals surface area contributed by atoms with E-state index in [1.807, 2.05) is 24.3 Å². The van der Waals surface area contributed by atoms with Gasteiger partial charge in [-0.2, -0.15) is 0 Å². The molecule has 2 heterocycles. The Morgan fingerprint density at radius 1 is 1.25 bits per heavy atom. The first-order valence-electron chi connectivity index (χ1n) is 6.18. The van der Waals surface area contributed by atoms with Crippen LogP contribution in [0.25, 0.3) is 10.9 Å². The third-order valence-corrected chi connectivity index (χ3v) is 3.39. The minimum atomic E-state index is -0.158. The first kappa shape index (κ1) is 12.7. The number of aromatic nitrogens is 2. The molecule has 5 heteroatoms. The maximum Gasteiger partial charge on any atom is 0.267 e. The van der Waals surface area contributed by atoms with E-state index in [1.165, 1.54) is 0 Å². The molecule has 0 aliphatic heterocycles. The molecule has 0 bridgehead atoms. The SMILES string of the molecule is O=C(NCc1ccncc1)c1cc2c(Cl)cccc2[nH]1. The zero-order chi connectivity index (χ0) is 13.9. The summed E-state index contributed by atoms with van der Waals surface area (Å²) in [5.41, 5.74) is 2.36. The highest BCUT2D eigenvalue weighted by Crippen LogP contribution is 2.23. The number of hydrogen-bond acceptors (Lipinski definition) is 2. The van der Waals surface area contributed by atoms with E-state index in [0.717, 1.165) is 16.5 Å². The molecular weight excluding hydrogens is 274 g/mol. The van der Waals surface area contributed by atoms with Crippen molar-refractivity contribution < 1.29 is 4.79 Å². The summed E-state index contributed by atoms with van der Waals surface area (Å²) < 4.78 is 0. The van der Waals surface area contributed by atoms with Crippen LogP contribution in [0.2, 0.25) is 5.02 Å². The molecule has 3 rings (SSSR count). The quantitative estimate of drug-likeness (QED) is 0.777. The first-order valence-corrected chi connectivity index (χ1v) is 6.56. The van der Waals surface area contributed by atoms with Gasteiger partial charge in [0.2, 0.25) is 0 Å². The summed E-state index contributed by atoms with van der Waals surface area (Å²) in [5.74, 6) is -0.158. The first-order chi connectivity index (χ1) is 9.74. The number of nitrogens with one attached hydrogen (secondary N) is 2. The summed E-state index contributed by atoms with van der Waals surface area (Å²) in [5, 5.41) is 4.34. The Morgan fingerprint density at radius 2 is 2.05 bits per heavy atom. The van der Waals surface area contributed by atoms with Gasteiger partial charge in [0, 0.05) is 34.9 Å². The van der Waals surface area contributed by atoms with Crippen LogP contribution < -0.4 is 5.32 Å². The number of hydrogen-bond donors (Lipinski definition) is 2. The number of H-pyrrole nitrogens is 1. The van der Waals surface area contributed by atoms with E-state index in [2.05, 4.69) is 15.3 Å². The van der Waals surface area contributed by atoms with Crippen LogP contribution in [0.5, 0.6) is 0 Å². The van der Waals surface area contributed by atoms with Crippen molar-refractivity contribution in [3.05, 3.63) is 65.1 Å². The second-order valence-corrected chi connectivity index (χ2v) is 4.83. The molecule has 0 fully saturated rings.